The van der Waals surface area contributed by atoms with Crippen molar-refractivity contribution in [1.29, 1.82) is 0 Å². The summed E-state index contributed by atoms with van der Waals surface area (Å²) in [4.78, 5) is 15.7. The van der Waals surface area contributed by atoms with Crippen molar-refractivity contribution in [2.45, 2.75) is 126 Å². The third-order valence-corrected chi connectivity index (χ3v) is 16.5. The van der Waals surface area contributed by atoms with E-state index in [1.165, 1.54) is 12.7 Å². The summed E-state index contributed by atoms with van der Waals surface area (Å²) in [5, 5.41) is 23.1. The van der Waals surface area contributed by atoms with Gasteiger partial charge in [0.15, 0.2) is 6.33 Å². The van der Waals surface area contributed by atoms with Crippen LogP contribution in [-0.2, 0) is 14.3 Å². The number of nitrogens with one attached hydrogen (secondary N) is 1. The number of aliphatic carboxylic acids is 1. The number of rotatable bonds is 8. The fourth-order valence-corrected chi connectivity index (χ4v) is 12.6. The molecule has 278 valence electrons. The van der Waals surface area contributed by atoms with Gasteiger partial charge in [-0.15, -0.1) is 10.2 Å². The van der Waals surface area contributed by atoms with Crippen molar-refractivity contribution in [2.75, 3.05) is 33.9 Å². The maximum absolute atomic E-state index is 13.3. The quantitative estimate of drug-likeness (QED) is 0.267. The van der Waals surface area contributed by atoms with Gasteiger partial charge in [-0.05, 0) is 111 Å². The van der Waals surface area contributed by atoms with E-state index in [1.54, 1.807) is 5.57 Å². The van der Waals surface area contributed by atoms with E-state index in [1.807, 2.05) is 0 Å². The lowest BCUT2D eigenvalue weighted by Gasteiger charge is -2.71. The van der Waals surface area contributed by atoms with Crippen molar-refractivity contribution in [3.05, 3.63) is 18.0 Å². The maximum atomic E-state index is 13.3. The molecule has 12 atom stereocenters. The Bertz CT molecular complexity index is 1320. The minimum Gasteiger partial charge on any atom is -0.481 e. The van der Waals surface area contributed by atoms with Gasteiger partial charge in [0.2, 0.25) is 0 Å². The molecule has 1 saturated heterocycles. The van der Waals surface area contributed by atoms with Crippen molar-refractivity contribution < 1.29 is 19.4 Å². The molecule has 0 amide bonds. The van der Waals surface area contributed by atoms with Gasteiger partial charge in [-0.1, -0.05) is 86.1 Å². The van der Waals surface area contributed by atoms with Crippen LogP contribution in [0.4, 0.5) is 0 Å². The monoisotopic (exact) mass is 684 g/mol. The van der Waals surface area contributed by atoms with Gasteiger partial charge in [0.05, 0.1) is 31.8 Å². The Kier molecular flexibility index (Phi) is 10.4. The normalized spacial score (nSPS) is 43.3. The zero-order valence-electron chi connectivity index (χ0n) is 33.1. The minimum atomic E-state index is -0.580. The number of H-pyrrole nitrogens is 1. The summed E-state index contributed by atoms with van der Waals surface area (Å²) >= 11 is 0. The molecule has 3 saturated carbocycles. The molecular formula is C40H69N5O4. The summed E-state index contributed by atoms with van der Waals surface area (Å²) in [6.07, 6.45) is 10.5. The molecule has 4 aliphatic carbocycles. The maximum Gasteiger partial charge on any atom is 0.307 e. The molecule has 0 aromatic carbocycles. The number of carbonyl (C=O) groups is 1. The molecule has 0 radical (unpaired) electrons. The molecule has 4 fully saturated rings. The molecule has 49 heavy (non-hydrogen) atoms. The number of nitrogens with zero attached hydrogens (tertiary/aromatic N) is 4. The minimum absolute atomic E-state index is 0.0218. The van der Waals surface area contributed by atoms with Crippen molar-refractivity contribution in [1.82, 2.24) is 25.5 Å². The number of allylic oxidation sites excluding steroid dienone is 1. The predicted molar refractivity (Wildman–Crippen MR) is 194 cm³/mol. The van der Waals surface area contributed by atoms with E-state index >= 15 is 0 Å². The third-order valence-electron chi connectivity index (χ3n) is 16.5. The number of aromatic amines is 1. The van der Waals surface area contributed by atoms with Crippen LogP contribution in [0.3, 0.4) is 0 Å². The number of ether oxygens (including phenoxy) is 2. The molecule has 2 N–H and O–H groups in total. The molecule has 0 unspecified atom stereocenters. The van der Waals surface area contributed by atoms with Crippen LogP contribution in [-0.4, -0.2) is 82.2 Å². The molecule has 1 aromatic heterocycles. The van der Waals surface area contributed by atoms with Crippen LogP contribution in [0.15, 0.2) is 18.0 Å². The van der Waals surface area contributed by atoms with Crippen LogP contribution in [0.25, 0.3) is 0 Å². The summed E-state index contributed by atoms with van der Waals surface area (Å²) in [6.45, 7) is 28.2. The average Bonchev–Trinajstić information content (AvgIpc) is 3.61. The number of likely N-dealkylation sites (N-methyl/N-ethyl adjacent to an activating group) is 1. The molecule has 1 aliphatic heterocycles. The van der Waals surface area contributed by atoms with Crippen LogP contribution in [0.1, 0.15) is 115 Å². The van der Waals surface area contributed by atoms with Crippen LogP contribution in [0.5, 0.6) is 0 Å². The molecule has 9 nitrogen and oxygen atoms in total. The fraction of sp³-hybridized carbons (Fsp3) is 0.900. The standard InChI is InChI=1S/C39H67NO4.CH2N4/c1-24(2)27(6)34(7)18-19-36(9)28-14-15-30-35(8)21-43-23-39(30,29(28)16-17-37(36,10)31(34)33(41)42)20-26(5)32(35)44-22-38(11,25(3)4)40(12)13;1-2-4-5-3-1/h16,24-28,30-32H,14-15,17-23H2,1-13H3,(H,41,42);1H,(H,2,3,4,5)/t26-,27-,28+,30+,31-,32+,34-,35+,36-,37+,38+,39+;/m1./s1. The van der Waals surface area contributed by atoms with Gasteiger partial charge in [0.1, 0.15) is 0 Å². The van der Waals surface area contributed by atoms with E-state index in [-0.39, 0.29) is 44.6 Å². The molecule has 1 aromatic rings. The molecule has 2 bridgehead atoms. The predicted octanol–water partition coefficient (Wildman–Crippen LogP) is 7.77. The first kappa shape index (κ1) is 38.4. The number of fused-ring (bicyclic) bond motifs is 3. The van der Waals surface area contributed by atoms with E-state index in [9.17, 15) is 9.90 Å². The van der Waals surface area contributed by atoms with Gasteiger partial charge < -0.3 is 19.5 Å². The molecular weight excluding hydrogens is 614 g/mol. The average molecular weight is 684 g/mol. The van der Waals surface area contributed by atoms with E-state index in [2.05, 4.69) is 122 Å². The fourth-order valence-electron chi connectivity index (χ4n) is 12.6. The number of hydrogen-bond acceptors (Lipinski definition) is 7. The van der Waals surface area contributed by atoms with Crippen molar-refractivity contribution in [2.24, 2.45) is 68.5 Å². The first-order chi connectivity index (χ1) is 22.8. The van der Waals surface area contributed by atoms with E-state index < -0.39 is 5.97 Å². The van der Waals surface area contributed by atoms with Crippen LogP contribution >= 0.6 is 0 Å². The van der Waals surface area contributed by atoms with Crippen molar-refractivity contribution in [3.63, 3.8) is 0 Å². The summed E-state index contributed by atoms with van der Waals surface area (Å²) < 4.78 is 13.7. The van der Waals surface area contributed by atoms with Crippen LogP contribution in [0.2, 0.25) is 0 Å². The number of carboxylic acid groups (broad SMARTS) is 1. The topological polar surface area (TPSA) is 113 Å². The van der Waals surface area contributed by atoms with E-state index in [4.69, 9.17) is 9.47 Å². The molecule has 9 heteroatoms. The first-order valence-electron chi connectivity index (χ1n) is 19.2. The lowest BCUT2D eigenvalue weighted by atomic mass is 9.34. The Morgan fingerprint density at radius 1 is 1.10 bits per heavy atom. The molecule has 5 aliphatic rings. The van der Waals surface area contributed by atoms with Gasteiger partial charge in [0, 0.05) is 16.4 Å². The Morgan fingerprint density at radius 2 is 1.80 bits per heavy atom. The van der Waals surface area contributed by atoms with E-state index in [0.29, 0.717) is 35.5 Å². The Hall–Kier alpha value is -1.84. The zero-order valence-corrected chi connectivity index (χ0v) is 33.1. The lowest BCUT2D eigenvalue weighted by molar-refractivity contribution is -0.255. The van der Waals surface area contributed by atoms with Crippen molar-refractivity contribution >= 4 is 5.97 Å². The largest absolute Gasteiger partial charge is 0.481 e. The van der Waals surface area contributed by atoms with Gasteiger partial charge in [-0.2, -0.15) is 5.21 Å². The smallest absolute Gasteiger partial charge is 0.307 e. The second-order valence-electron chi connectivity index (χ2n) is 19.2. The van der Waals surface area contributed by atoms with Gasteiger partial charge in [-0.3, -0.25) is 4.79 Å². The summed E-state index contributed by atoms with van der Waals surface area (Å²) in [5.74, 6) is 1.78. The SMILES string of the molecule is CC(C)[C@@H](C)[C@@]1(C)CC[C@]2(C)[C@H]3CC[C@@H]4[C@@]5(COC[C@]4(C)[C@@H](OC[C@@](C)(C(C)C)N(C)C)[C@H](C)C5)C3=CC[C@@]2(C)[C@@H]1C(=O)O.c1nn[nH]n1. The Morgan fingerprint density at radius 3 is 2.33 bits per heavy atom. The van der Waals surface area contributed by atoms with Gasteiger partial charge in [0.25, 0.3) is 0 Å². The highest BCUT2D eigenvalue weighted by Crippen LogP contribution is 2.75. The molecule has 0 spiro atoms. The van der Waals surface area contributed by atoms with Gasteiger partial charge >= 0.3 is 5.97 Å². The summed E-state index contributed by atoms with van der Waals surface area (Å²) in [7, 11) is 4.36. The molecule has 2 heterocycles. The Labute approximate surface area is 297 Å². The number of aromatic nitrogens is 4. The number of hydrogen-bond donors (Lipinski definition) is 2. The summed E-state index contributed by atoms with van der Waals surface area (Å²) in [5.41, 5.74) is 1.10. The highest BCUT2D eigenvalue weighted by atomic mass is 16.5. The van der Waals surface area contributed by atoms with Crippen LogP contribution in [0, 0.1) is 68.5 Å². The first-order valence-corrected chi connectivity index (χ1v) is 19.2. The second kappa shape index (κ2) is 13.3. The van der Waals surface area contributed by atoms with E-state index in [0.717, 1.165) is 51.9 Å². The summed E-state index contributed by atoms with van der Waals surface area (Å²) in [6, 6.07) is 0. The molecule has 6 rings (SSSR count). The third kappa shape index (κ3) is 5.75. The van der Waals surface area contributed by atoms with Gasteiger partial charge in [-0.25, -0.2) is 0 Å². The van der Waals surface area contributed by atoms with Crippen LogP contribution < -0.4 is 0 Å². The number of carboxylic acids is 1. The number of tetrazole rings is 1. The second-order valence-corrected chi connectivity index (χ2v) is 19.2. The Balaban J connectivity index is 0.000000858. The highest BCUT2D eigenvalue weighted by molar-refractivity contribution is 5.73. The highest BCUT2D eigenvalue weighted by Gasteiger charge is 2.71. The lowest BCUT2D eigenvalue weighted by Crippen LogP contribution is -2.69. The van der Waals surface area contributed by atoms with Crippen molar-refractivity contribution in [3.8, 4) is 0 Å². The zero-order chi connectivity index (χ0) is 36.4.